The highest BCUT2D eigenvalue weighted by Gasteiger charge is 2.60. The minimum Gasteiger partial charge on any atom is -0.366 e. The Hall–Kier alpha value is -3.47. The molecule has 1 aromatic carbocycles. The van der Waals surface area contributed by atoms with E-state index in [0.717, 1.165) is 8.25 Å². The van der Waals surface area contributed by atoms with Crippen LogP contribution in [0.4, 0.5) is 22.0 Å². The molecule has 0 spiro atoms. The van der Waals surface area contributed by atoms with Crippen molar-refractivity contribution in [3.63, 3.8) is 0 Å². The fourth-order valence-electron chi connectivity index (χ4n) is 3.69. The predicted molar refractivity (Wildman–Crippen MR) is 136 cm³/mol. The third-order valence-corrected chi connectivity index (χ3v) is 6.46. The summed E-state index contributed by atoms with van der Waals surface area (Å²) in [5, 5.41) is 11.1. The highest BCUT2D eigenvalue weighted by atomic mass is 127. The lowest BCUT2D eigenvalue weighted by Crippen LogP contribution is -2.34. The van der Waals surface area contributed by atoms with Gasteiger partial charge in [0.2, 0.25) is 5.91 Å². The van der Waals surface area contributed by atoms with Crippen LogP contribution in [0.25, 0.3) is 5.82 Å². The SMILES string of the molecule is Cc1cc(I)cc(C(N)=O)c1CC(=O)c1cc(Cn2ncc(C(F)(F)C(F)(F)F)n2)nn1-c1ncccc1Cl. The molecule has 204 valence electrons. The van der Waals surface area contributed by atoms with E-state index in [9.17, 15) is 31.5 Å². The number of nitrogens with zero attached hydrogens (tertiary/aromatic N) is 6. The number of pyridine rings is 1. The van der Waals surface area contributed by atoms with E-state index in [0.29, 0.717) is 22.1 Å². The molecule has 16 heteroatoms. The minimum atomic E-state index is -5.86. The number of amides is 1. The number of alkyl halides is 5. The number of aromatic nitrogens is 6. The molecule has 4 aromatic rings. The number of benzene rings is 1. The van der Waals surface area contributed by atoms with Crippen molar-refractivity contribution in [1.29, 1.82) is 0 Å². The zero-order chi connectivity index (χ0) is 28.7. The second kappa shape index (κ2) is 10.6. The van der Waals surface area contributed by atoms with Crippen molar-refractivity contribution in [2.75, 3.05) is 0 Å². The van der Waals surface area contributed by atoms with Gasteiger partial charge in [-0.25, -0.2) is 9.67 Å². The number of halogens is 7. The monoisotopic (exact) mass is 679 g/mol. The Kier molecular flexibility index (Phi) is 7.75. The molecular weight excluding hydrogens is 664 g/mol. The standard InChI is InChI=1S/C23H16ClF5IN7O2/c1-11-5-12(30)6-15(20(31)39)14(11)8-18(38)17-7-13(34-37(17)21-16(24)3-2-4-32-21)10-36-33-9-19(35-36)22(25,26)23(27,28)29/h2-7,9H,8,10H2,1H3,(H2,31,39). The predicted octanol–water partition coefficient (Wildman–Crippen LogP) is 4.65. The van der Waals surface area contributed by atoms with Crippen LogP contribution in [0, 0.1) is 10.5 Å². The molecule has 3 heterocycles. The molecule has 0 aliphatic rings. The van der Waals surface area contributed by atoms with Crippen molar-refractivity contribution < 1.29 is 31.5 Å². The number of rotatable bonds is 8. The van der Waals surface area contributed by atoms with Crippen LogP contribution in [0.5, 0.6) is 0 Å². The number of carbonyl (C=O) groups excluding carboxylic acids is 2. The van der Waals surface area contributed by atoms with Crippen LogP contribution in [0.2, 0.25) is 5.02 Å². The van der Waals surface area contributed by atoms with Crippen LogP contribution in [-0.2, 0) is 18.9 Å². The topological polar surface area (TPSA) is 122 Å². The quantitative estimate of drug-likeness (QED) is 0.165. The molecule has 39 heavy (non-hydrogen) atoms. The number of Topliss-reactive ketones (excluding diaryl/α,β-unsaturated/α-hetero) is 1. The summed E-state index contributed by atoms with van der Waals surface area (Å²) in [6.07, 6.45) is -4.43. The molecule has 1 amide bonds. The molecule has 0 radical (unpaired) electrons. The van der Waals surface area contributed by atoms with Gasteiger partial charge < -0.3 is 5.73 Å². The molecule has 0 atom stereocenters. The number of ketones is 1. The molecular formula is C23H16ClF5IN7O2. The van der Waals surface area contributed by atoms with Crippen LogP contribution in [0.1, 0.15) is 43.4 Å². The average molecular weight is 680 g/mol. The van der Waals surface area contributed by atoms with E-state index in [4.69, 9.17) is 17.3 Å². The van der Waals surface area contributed by atoms with E-state index in [2.05, 4.69) is 20.3 Å². The Bertz CT molecular complexity index is 1590. The molecule has 0 saturated carbocycles. The van der Waals surface area contributed by atoms with Gasteiger partial charge in [0.15, 0.2) is 17.3 Å². The lowest BCUT2D eigenvalue weighted by molar-refractivity contribution is -0.291. The van der Waals surface area contributed by atoms with Crippen LogP contribution in [0.3, 0.4) is 0 Å². The van der Waals surface area contributed by atoms with Crippen molar-refractivity contribution >= 4 is 45.9 Å². The van der Waals surface area contributed by atoms with Crippen molar-refractivity contribution in [1.82, 2.24) is 29.8 Å². The highest BCUT2D eigenvalue weighted by Crippen LogP contribution is 2.42. The Morgan fingerprint density at radius 2 is 1.85 bits per heavy atom. The first-order valence-corrected chi connectivity index (χ1v) is 12.3. The number of carbonyl (C=O) groups is 2. The Labute approximate surface area is 235 Å². The van der Waals surface area contributed by atoms with Gasteiger partial charge in [-0.1, -0.05) is 11.6 Å². The number of primary amides is 1. The Balaban J connectivity index is 1.74. The summed E-state index contributed by atoms with van der Waals surface area (Å²) in [6.45, 7) is 1.26. The summed E-state index contributed by atoms with van der Waals surface area (Å²) >= 11 is 8.27. The van der Waals surface area contributed by atoms with Crippen LogP contribution in [-0.4, -0.2) is 47.6 Å². The minimum absolute atomic E-state index is 0.0343. The number of hydrogen-bond acceptors (Lipinski definition) is 6. The highest BCUT2D eigenvalue weighted by molar-refractivity contribution is 14.1. The van der Waals surface area contributed by atoms with Crippen LogP contribution < -0.4 is 5.73 Å². The van der Waals surface area contributed by atoms with E-state index >= 15 is 0 Å². The Morgan fingerprint density at radius 1 is 1.13 bits per heavy atom. The molecule has 9 nitrogen and oxygen atoms in total. The van der Waals surface area contributed by atoms with E-state index in [1.807, 2.05) is 22.6 Å². The summed E-state index contributed by atoms with van der Waals surface area (Å²) in [7, 11) is 0. The zero-order valence-corrected chi connectivity index (χ0v) is 22.6. The van der Waals surface area contributed by atoms with E-state index in [1.54, 1.807) is 25.1 Å². The second-order valence-corrected chi connectivity index (χ2v) is 9.94. The third-order valence-electron chi connectivity index (χ3n) is 5.54. The summed E-state index contributed by atoms with van der Waals surface area (Å²) in [5.41, 5.74) is 5.11. The summed E-state index contributed by atoms with van der Waals surface area (Å²) in [5.74, 6) is -6.41. The van der Waals surface area contributed by atoms with Gasteiger partial charge in [0, 0.05) is 21.8 Å². The molecule has 0 aliphatic heterocycles. The summed E-state index contributed by atoms with van der Waals surface area (Å²) in [6, 6.07) is 7.64. The van der Waals surface area contributed by atoms with Gasteiger partial charge in [0.25, 0.3) is 0 Å². The normalized spacial score (nSPS) is 12.1. The van der Waals surface area contributed by atoms with Crippen molar-refractivity contribution in [3.8, 4) is 5.82 Å². The van der Waals surface area contributed by atoms with Crippen molar-refractivity contribution in [2.45, 2.75) is 32.0 Å². The van der Waals surface area contributed by atoms with Gasteiger partial charge in [-0.05, 0) is 71.0 Å². The number of hydrogen-bond donors (Lipinski definition) is 1. The van der Waals surface area contributed by atoms with Gasteiger partial charge >= 0.3 is 12.1 Å². The molecule has 2 N–H and O–H groups in total. The second-order valence-electron chi connectivity index (χ2n) is 8.29. The first-order chi connectivity index (χ1) is 18.2. The van der Waals surface area contributed by atoms with Crippen molar-refractivity contribution in [3.05, 3.63) is 85.1 Å². The molecule has 0 fully saturated rings. The average Bonchev–Trinajstić information content (AvgIpc) is 3.48. The smallest absolute Gasteiger partial charge is 0.366 e. The van der Waals surface area contributed by atoms with E-state index < -0.39 is 36.0 Å². The molecule has 0 aliphatic carbocycles. The summed E-state index contributed by atoms with van der Waals surface area (Å²) < 4.78 is 67.3. The van der Waals surface area contributed by atoms with E-state index in [1.165, 1.54) is 18.3 Å². The molecule has 0 unspecified atom stereocenters. The lowest BCUT2D eigenvalue weighted by Gasteiger charge is -2.16. The van der Waals surface area contributed by atoms with Gasteiger partial charge in [-0.2, -0.15) is 42.0 Å². The van der Waals surface area contributed by atoms with Crippen LogP contribution >= 0.6 is 34.2 Å². The largest absolute Gasteiger partial charge is 0.459 e. The van der Waals surface area contributed by atoms with E-state index in [-0.39, 0.29) is 34.2 Å². The maximum absolute atomic E-state index is 13.6. The molecule has 0 bridgehead atoms. The first kappa shape index (κ1) is 28.5. The molecule has 0 saturated heterocycles. The van der Waals surface area contributed by atoms with Gasteiger partial charge in [0.1, 0.15) is 12.2 Å². The fourth-order valence-corrected chi connectivity index (χ4v) is 4.67. The molecule has 4 rings (SSSR count). The fraction of sp³-hybridized carbons (Fsp3) is 0.217. The third kappa shape index (κ3) is 5.78. The van der Waals surface area contributed by atoms with Crippen molar-refractivity contribution in [2.24, 2.45) is 5.73 Å². The first-order valence-electron chi connectivity index (χ1n) is 10.9. The number of nitrogens with two attached hydrogens (primary N) is 1. The zero-order valence-electron chi connectivity index (χ0n) is 19.7. The molecule has 3 aromatic heterocycles. The van der Waals surface area contributed by atoms with Gasteiger partial charge in [-0.3, -0.25) is 9.59 Å². The maximum Gasteiger partial charge on any atom is 0.459 e. The summed E-state index contributed by atoms with van der Waals surface area (Å²) in [4.78, 5) is 30.3. The Morgan fingerprint density at radius 3 is 2.49 bits per heavy atom. The lowest BCUT2D eigenvalue weighted by atomic mass is 9.96. The maximum atomic E-state index is 13.6. The van der Waals surface area contributed by atoms with Crippen LogP contribution in [0.15, 0.2) is 42.7 Å². The van der Waals surface area contributed by atoms with Gasteiger partial charge in [-0.15, -0.1) is 0 Å². The van der Waals surface area contributed by atoms with Gasteiger partial charge in [0.05, 0.1) is 16.9 Å². The number of aryl methyl sites for hydroxylation is 1.